The molecule has 0 heteroatoms. The van der Waals surface area contributed by atoms with Crippen LogP contribution in [0.1, 0.15) is 20.3 Å². The van der Waals surface area contributed by atoms with Crippen molar-refractivity contribution in [2.75, 3.05) is 0 Å². The lowest BCUT2D eigenvalue weighted by Crippen LogP contribution is -1.94. The first-order valence-corrected chi connectivity index (χ1v) is 3.58. The van der Waals surface area contributed by atoms with Gasteiger partial charge in [-0.25, -0.2) is 0 Å². The van der Waals surface area contributed by atoms with Gasteiger partial charge in [0.1, 0.15) is 0 Å². The molecule has 0 aromatic carbocycles. The second-order valence-corrected chi connectivity index (χ2v) is 3.56. The number of hydrogen-bond donors (Lipinski definition) is 0. The Labute approximate surface area is 56.3 Å². The molecule has 0 amide bonds. The predicted molar refractivity (Wildman–Crippen MR) is 39.1 cm³/mol. The molecule has 1 fully saturated rings. The van der Waals surface area contributed by atoms with Crippen LogP contribution in [-0.2, 0) is 0 Å². The van der Waals surface area contributed by atoms with Crippen LogP contribution in [0.15, 0.2) is 23.8 Å². The fraction of sp³-hybridized carbons (Fsp3) is 0.556. The molecule has 0 N–H and O–H groups in total. The Kier molecular flexibility index (Phi) is 0.769. The first kappa shape index (κ1) is 5.28. The van der Waals surface area contributed by atoms with Crippen LogP contribution in [0.25, 0.3) is 0 Å². The van der Waals surface area contributed by atoms with E-state index in [1.165, 1.54) is 12.0 Å². The summed E-state index contributed by atoms with van der Waals surface area (Å²) < 4.78 is 0. The number of hydrogen-bond acceptors (Lipinski definition) is 0. The lowest BCUT2D eigenvalue weighted by atomic mass is 9.99. The van der Waals surface area contributed by atoms with Gasteiger partial charge in [0.15, 0.2) is 0 Å². The molecule has 9 heavy (non-hydrogen) atoms. The van der Waals surface area contributed by atoms with E-state index >= 15 is 0 Å². The van der Waals surface area contributed by atoms with Crippen molar-refractivity contribution in [3.05, 3.63) is 23.8 Å². The molecule has 0 bridgehead atoms. The van der Waals surface area contributed by atoms with E-state index in [2.05, 4.69) is 32.1 Å². The molecule has 0 heterocycles. The Bertz CT molecular complexity index is 198. The summed E-state index contributed by atoms with van der Waals surface area (Å²) in [5.41, 5.74) is 2.01. The SMILES string of the molecule is CC1=CC2CC2(C)C=C1. The van der Waals surface area contributed by atoms with Gasteiger partial charge in [0, 0.05) is 0 Å². The van der Waals surface area contributed by atoms with Crippen molar-refractivity contribution in [2.45, 2.75) is 20.3 Å². The van der Waals surface area contributed by atoms with Gasteiger partial charge in [0.25, 0.3) is 0 Å². The molecule has 2 unspecified atom stereocenters. The van der Waals surface area contributed by atoms with E-state index in [-0.39, 0.29) is 0 Å². The molecule has 0 aromatic heterocycles. The molecule has 0 aliphatic heterocycles. The first-order chi connectivity index (χ1) is 4.21. The topological polar surface area (TPSA) is 0 Å². The van der Waals surface area contributed by atoms with Crippen molar-refractivity contribution in [1.82, 2.24) is 0 Å². The maximum atomic E-state index is 2.39. The highest BCUT2D eigenvalue weighted by Crippen LogP contribution is 2.56. The van der Waals surface area contributed by atoms with Gasteiger partial charge in [0.2, 0.25) is 0 Å². The minimum absolute atomic E-state index is 0.569. The molecule has 0 radical (unpaired) electrons. The number of allylic oxidation sites excluding steroid dienone is 4. The third-order valence-corrected chi connectivity index (χ3v) is 2.54. The van der Waals surface area contributed by atoms with Gasteiger partial charge >= 0.3 is 0 Å². The summed E-state index contributed by atoms with van der Waals surface area (Å²) in [6.45, 7) is 4.51. The van der Waals surface area contributed by atoms with Gasteiger partial charge in [-0.05, 0) is 24.7 Å². The standard InChI is InChI=1S/C9H12/c1-7-3-4-9(2)6-8(9)5-7/h3-5,8H,6H2,1-2H3. The van der Waals surface area contributed by atoms with E-state index in [0.717, 1.165) is 5.92 Å². The molecule has 2 aliphatic rings. The largest absolute Gasteiger partial charge is 0.0777 e. The van der Waals surface area contributed by atoms with Crippen molar-refractivity contribution in [3.8, 4) is 0 Å². The summed E-state index contributed by atoms with van der Waals surface area (Å²) in [5.74, 6) is 0.877. The average molecular weight is 120 g/mol. The van der Waals surface area contributed by atoms with Crippen molar-refractivity contribution in [1.29, 1.82) is 0 Å². The summed E-state index contributed by atoms with van der Waals surface area (Å²) in [5, 5.41) is 0. The summed E-state index contributed by atoms with van der Waals surface area (Å²) >= 11 is 0. The normalized spacial score (nSPS) is 46.0. The fourth-order valence-corrected chi connectivity index (χ4v) is 1.55. The average Bonchev–Trinajstić information content (AvgIpc) is 2.41. The molecule has 0 saturated heterocycles. The molecule has 0 nitrogen and oxygen atoms in total. The Morgan fingerprint density at radius 3 is 3.00 bits per heavy atom. The Hall–Kier alpha value is -0.520. The highest BCUT2D eigenvalue weighted by Gasteiger charge is 2.47. The van der Waals surface area contributed by atoms with Gasteiger partial charge in [-0.1, -0.05) is 30.7 Å². The summed E-state index contributed by atoms with van der Waals surface area (Å²) in [4.78, 5) is 0. The second-order valence-electron chi connectivity index (χ2n) is 3.56. The molecule has 48 valence electrons. The molecule has 2 atom stereocenters. The fourth-order valence-electron chi connectivity index (χ4n) is 1.55. The summed E-state index contributed by atoms with van der Waals surface area (Å²) in [6.07, 6.45) is 8.36. The second kappa shape index (κ2) is 1.31. The highest BCUT2D eigenvalue weighted by molar-refractivity contribution is 5.33. The van der Waals surface area contributed by atoms with Crippen molar-refractivity contribution < 1.29 is 0 Å². The Morgan fingerprint density at radius 1 is 1.67 bits per heavy atom. The van der Waals surface area contributed by atoms with Crippen molar-refractivity contribution in [2.24, 2.45) is 11.3 Å². The van der Waals surface area contributed by atoms with Crippen LogP contribution in [0.2, 0.25) is 0 Å². The van der Waals surface area contributed by atoms with Gasteiger partial charge in [-0.15, -0.1) is 0 Å². The minimum atomic E-state index is 0.569. The van der Waals surface area contributed by atoms with E-state index in [9.17, 15) is 0 Å². The smallest absolute Gasteiger partial charge is 0.00741 e. The van der Waals surface area contributed by atoms with Crippen LogP contribution in [0.5, 0.6) is 0 Å². The zero-order valence-corrected chi connectivity index (χ0v) is 6.02. The van der Waals surface area contributed by atoms with Crippen molar-refractivity contribution in [3.63, 3.8) is 0 Å². The Morgan fingerprint density at radius 2 is 2.44 bits per heavy atom. The van der Waals surface area contributed by atoms with Crippen molar-refractivity contribution >= 4 is 0 Å². The molecule has 0 spiro atoms. The summed E-state index contributed by atoms with van der Waals surface area (Å²) in [7, 11) is 0. The van der Waals surface area contributed by atoms with Crippen LogP contribution in [0.3, 0.4) is 0 Å². The molecular weight excluding hydrogens is 108 g/mol. The molecule has 2 aliphatic carbocycles. The van der Waals surface area contributed by atoms with E-state index in [0.29, 0.717) is 5.41 Å². The summed E-state index contributed by atoms with van der Waals surface area (Å²) in [6, 6.07) is 0. The third kappa shape index (κ3) is 0.658. The lowest BCUT2D eigenvalue weighted by Gasteiger charge is -2.06. The van der Waals surface area contributed by atoms with Crippen LogP contribution in [0, 0.1) is 11.3 Å². The number of fused-ring (bicyclic) bond motifs is 1. The number of rotatable bonds is 0. The quantitative estimate of drug-likeness (QED) is 0.461. The van der Waals surface area contributed by atoms with Crippen LogP contribution in [-0.4, -0.2) is 0 Å². The van der Waals surface area contributed by atoms with Gasteiger partial charge in [0.05, 0.1) is 0 Å². The monoisotopic (exact) mass is 120 g/mol. The van der Waals surface area contributed by atoms with Crippen LogP contribution < -0.4 is 0 Å². The van der Waals surface area contributed by atoms with Gasteiger partial charge < -0.3 is 0 Å². The predicted octanol–water partition coefficient (Wildman–Crippen LogP) is 2.53. The van der Waals surface area contributed by atoms with E-state index < -0.39 is 0 Å². The van der Waals surface area contributed by atoms with E-state index in [1.54, 1.807) is 0 Å². The molecule has 2 rings (SSSR count). The maximum Gasteiger partial charge on any atom is -0.00741 e. The lowest BCUT2D eigenvalue weighted by molar-refractivity contribution is 0.686. The third-order valence-electron chi connectivity index (χ3n) is 2.54. The molecule has 0 aromatic rings. The zero-order chi connectivity index (χ0) is 6.48. The molecular formula is C9H12. The Balaban J connectivity index is 2.31. The highest BCUT2D eigenvalue weighted by atomic mass is 14.5. The van der Waals surface area contributed by atoms with Gasteiger partial charge in [-0.2, -0.15) is 0 Å². The maximum absolute atomic E-state index is 2.39. The molecule has 1 saturated carbocycles. The first-order valence-electron chi connectivity index (χ1n) is 3.58. The van der Waals surface area contributed by atoms with Gasteiger partial charge in [-0.3, -0.25) is 0 Å². The zero-order valence-electron chi connectivity index (χ0n) is 6.02. The van der Waals surface area contributed by atoms with E-state index in [1.807, 2.05) is 0 Å². The van der Waals surface area contributed by atoms with Crippen LogP contribution in [0.4, 0.5) is 0 Å². The van der Waals surface area contributed by atoms with E-state index in [4.69, 9.17) is 0 Å². The minimum Gasteiger partial charge on any atom is -0.0777 e. The van der Waals surface area contributed by atoms with Crippen LogP contribution >= 0.6 is 0 Å².